The smallest absolute Gasteiger partial charge is 0.385 e. The van der Waals surface area contributed by atoms with E-state index in [1.165, 1.54) is 43.9 Å². The van der Waals surface area contributed by atoms with Crippen LogP contribution in [0.3, 0.4) is 0 Å². The lowest BCUT2D eigenvalue weighted by molar-refractivity contribution is 0.0610. The first-order valence-electron chi connectivity index (χ1n) is 12.3. The standard InChI is InChI=1S/C25H40ClO5PS/c1-3-29-32(28,30-4-2)31-21-18-24(33-23-16-14-22(26)15-17-23)25(27)19-12-10-8-6-5-7-9-11-13-20-25/h14-18,27H,3-13,19-21H2,1-2H3/b24-18-. The van der Waals surface area contributed by atoms with Gasteiger partial charge >= 0.3 is 7.82 Å². The van der Waals surface area contributed by atoms with Gasteiger partial charge in [-0.3, -0.25) is 13.6 Å². The van der Waals surface area contributed by atoms with Gasteiger partial charge in [0.15, 0.2) is 0 Å². The summed E-state index contributed by atoms with van der Waals surface area (Å²) in [6.07, 6.45) is 13.8. The monoisotopic (exact) mass is 518 g/mol. The van der Waals surface area contributed by atoms with Crippen LogP contribution in [-0.2, 0) is 18.1 Å². The van der Waals surface area contributed by atoms with Crippen molar-refractivity contribution in [1.29, 1.82) is 0 Å². The lowest BCUT2D eigenvalue weighted by Gasteiger charge is -2.32. The van der Waals surface area contributed by atoms with E-state index >= 15 is 0 Å². The fraction of sp³-hybridized carbons (Fsp3) is 0.680. The molecule has 0 bridgehead atoms. The van der Waals surface area contributed by atoms with Crippen LogP contribution >= 0.6 is 31.2 Å². The Balaban J connectivity index is 2.24. The van der Waals surface area contributed by atoms with Crippen LogP contribution in [0.2, 0.25) is 5.02 Å². The third-order valence-electron chi connectivity index (χ3n) is 5.76. The molecule has 0 aliphatic heterocycles. The highest BCUT2D eigenvalue weighted by Gasteiger charge is 2.32. The van der Waals surface area contributed by atoms with Crippen LogP contribution in [0.1, 0.15) is 84.5 Å². The number of rotatable bonds is 10. The Kier molecular flexibility index (Phi) is 13.7. The number of aliphatic hydroxyl groups is 1. The summed E-state index contributed by atoms with van der Waals surface area (Å²) >= 11 is 7.59. The zero-order valence-corrected chi connectivity index (χ0v) is 22.6. The van der Waals surface area contributed by atoms with Crippen molar-refractivity contribution in [1.82, 2.24) is 0 Å². The number of phosphoric ester groups is 1. The first kappa shape index (κ1) is 28.9. The second kappa shape index (κ2) is 15.6. The largest absolute Gasteiger partial charge is 0.475 e. The van der Waals surface area contributed by atoms with Gasteiger partial charge < -0.3 is 5.11 Å². The lowest BCUT2D eigenvalue weighted by Crippen LogP contribution is -2.30. The van der Waals surface area contributed by atoms with Crippen molar-refractivity contribution in [2.24, 2.45) is 0 Å². The Morgan fingerprint density at radius 2 is 1.42 bits per heavy atom. The number of benzene rings is 1. The van der Waals surface area contributed by atoms with Gasteiger partial charge in [-0.25, -0.2) is 4.57 Å². The number of hydrogen-bond donors (Lipinski definition) is 1. The Morgan fingerprint density at radius 1 is 0.939 bits per heavy atom. The zero-order valence-electron chi connectivity index (χ0n) is 20.1. The van der Waals surface area contributed by atoms with E-state index in [4.69, 9.17) is 25.2 Å². The third-order valence-corrected chi connectivity index (χ3v) is 8.90. The molecule has 0 aromatic heterocycles. The third kappa shape index (κ3) is 10.9. The molecule has 0 spiro atoms. The van der Waals surface area contributed by atoms with Crippen LogP contribution in [0.15, 0.2) is 40.1 Å². The van der Waals surface area contributed by atoms with Crippen LogP contribution in [0.25, 0.3) is 0 Å². The van der Waals surface area contributed by atoms with E-state index in [0.29, 0.717) is 17.9 Å². The van der Waals surface area contributed by atoms with Gasteiger partial charge in [0.25, 0.3) is 0 Å². The number of phosphoric acid groups is 1. The first-order chi connectivity index (χ1) is 15.9. The molecule has 2 rings (SSSR count). The van der Waals surface area contributed by atoms with Crippen LogP contribution in [0.5, 0.6) is 0 Å². The van der Waals surface area contributed by atoms with E-state index in [1.807, 2.05) is 30.3 Å². The fourth-order valence-electron chi connectivity index (χ4n) is 4.03. The van der Waals surface area contributed by atoms with Crippen molar-refractivity contribution >= 4 is 31.2 Å². The van der Waals surface area contributed by atoms with E-state index < -0.39 is 13.4 Å². The highest BCUT2D eigenvalue weighted by molar-refractivity contribution is 8.03. The Morgan fingerprint density at radius 3 is 1.91 bits per heavy atom. The molecule has 1 N–H and O–H groups in total. The summed E-state index contributed by atoms with van der Waals surface area (Å²) in [5, 5.41) is 12.5. The molecule has 1 aromatic rings. The van der Waals surface area contributed by atoms with Crippen molar-refractivity contribution in [2.75, 3.05) is 19.8 Å². The summed E-state index contributed by atoms with van der Waals surface area (Å²) in [4.78, 5) is 1.81. The minimum absolute atomic E-state index is 0.0372. The maximum absolute atomic E-state index is 12.7. The Hall–Kier alpha value is -0.330. The highest BCUT2D eigenvalue weighted by Crippen LogP contribution is 2.49. The van der Waals surface area contributed by atoms with Crippen molar-refractivity contribution in [3.05, 3.63) is 40.3 Å². The van der Waals surface area contributed by atoms with E-state index in [-0.39, 0.29) is 19.8 Å². The summed E-state index contributed by atoms with van der Waals surface area (Å²) in [7, 11) is -3.62. The maximum Gasteiger partial charge on any atom is 0.475 e. The van der Waals surface area contributed by atoms with Gasteiger partial charge in [-0.1, -0.05) is 81.2 Å². The van der Waals surface area contributed by atoms with Crippen molar-refractivity contribution < 1.29 is 23.2 Å². The zero-order chi connectivity index (χ0) is 24.0. The van der Waals surface area contributed by atoms with Crippen molar-refractivity contribution in [3.8, 4) is 0 Å². The molecule has 0 unspecified atom stereocenters. The Labute approximate surface area is 209 Å². The second-order valence-corrected chi connectivity index (χ2v) is 11.6. The predicted molar refractivity (Wildman–Crippen MR) is 138 cm³/mol. The molecule has 0 amide bonds. The van der Waals surface area contributed by atoms with Crippen molar-refractivity contribution in [2.45, 2.75) is 95.0 Å². The van der Waals surface area contributed by atoms with Gasteiger partial charge in [0.1, 0.15) is 0 Å². The molecular weight excluding hydrogens is 479 g/mol. The van der Waals surface area contributed by atoms with E-state index in [0.717, 1.165) is 35.5 Å². The molecule has 0 radical (unpaired) electrons. The van der Waals surface area contributed by atoms with Gasteiger partial charge in [-0.2, -0.15) is 0 Å². The van der Waals surface area contributed by atoms with Crippen LogP contribution in [0.4, 0.5) is 0 Å². The first-order valence-corrected chi connectivity index (χ1v) is 15.0. The van der Waals surface area contributed by atoms with E-state index in [1.54, 1.807) is 13.8 Å². The minimum atomic E-state index is -3.62. The molecule has 1 saturated carbocycles. The molecule has 1 aliphatic rings. The lowest BCUT2D eigenvalue weighted by atomic mass is 9.88. The molecule has 0 atom stereocenters. The Bertz CT molecular complexity index is 734. The van der Waals surface area contributed by atoms with Crippen LogP contribution in [0, 0.1) is 0 Å². The molecule has 1 aromatic carbocycles. The summed E-state index contributed by atoms with van der Waals surface area (Å²) in [5.74, 6) is 0. The number of halogens is 1. The average molecular weight is 519 g/mol. The van der Waals surface area contributed by atoms with Crippen LogP contribution in [-0.4, -0.2) is 30.5 Å². The SMILES string of the molecule is CCOP(=O)(OCC)OC/C=C(\Sc1ccc(Cl)cc1)C1(O)CCCCCCCCCCC1. The van der Waals surface area contributed by atoms with Crippen molar-refractivity contribution in [3.63, 3.8) is 0 Å². The van der Waals surface area contributed by atoms with Gasteiger partial charge in [-0.15, -0.1) is 0 Å². The second-order valence-electron chi connectivity index (χ2n) is 8.42. The van der Waals surface area contributed by atoms with E-state index in [2.05, 4.69) is 0 Å². The molecule has 33 heavy (non-hydrogen) atoms. The summed E-state index contributed by atoms with van der Waals surface area (Å²) in [6.45, 7) is 4.00. The molecule has 1 aliphatic carbocycles. The van der Waals surface area contributed by atoms with Gasteiger partial charge in [0.2, 0.25) is 0 Å². The molecule has 0 heterocycles. The van der Waals surface area contributed by atoms with E-state index in [9.17, 15) is 9.67 Å². The molecule has 1 fully saturated rings. The number of hydrogen-bond acceptors (Lipinski definition) is 6. The summed E-state index contributed by atoms with van der Waals surface area (Å²) < 4.78 is 28.8. The highest BCUT2D eigenvalue weighted by atomic mass is 35.5. The molecule has 0 saturated heterocycles. The summed E-state index contributed by atoms with van der Waals surface area (Å²) in [6, 6.07) is 7.60. The molecule has 8 heteroatoms. The molecular formula is C25H40ClO5PS. The fourth-order valence-corrected chi connectivity index (χ4v) is 6.34. The minimum Gasteiger partial charge on any atom is -0.385 e. The van der Waals surface area contributed by atoms with Gasteiger partial charge in [0, 0.05) is 14.8 Å². The normalized spacial score (nSPS) is 19.0. The average Bonchev–Trinajstić information content (AvgIpc) is 2.77. The van der Waals surface area contributed by atoms with Gasteiger partial charge in [0.05, 0.1) is 25.4 Å². The quantitative estimate of drug-likeness (QED) is 0.247. The van der Waals surface area contributed by atoms with Crippen LogP contribution < -0.4 is 0 Å². The topological polar surface area (TPSA) is 65.0 Å². The maximum atomic E-state index is 12.7. The predicted octanol–water partition coefficient (Wildman–Crippen LogP) is 8.55. The summed E-state index contributed by atoms with van der Waals surface area (Å²) in [5.41, 5.74) is -0.950. The number of thioether (sulfide) groups is 1. The molecule has 5 nitrogen and oxygen atoms in total. The van der Waals surface area contributed by atoms with Gasteiger partial charge in [-0.05, 0) is 57.0 Å². The molecule has 188 valence electrons.